The first-order valence-electron chi connectivity index (χ1n) is 6.64. The van der Waals surface area contributed by atoms with Crippen LogP contribution in [0.15, 0.2) is 42.7 Å². The van der Waals surface area contributed by atoms with Crippen molar-refractivity contribution in [2.75, 3.05) is 7.11 Å². The molecule has 114 valence electrons. The van der Waals surface area contributed by atoms with Crippen LogP contribution in [0, 0.1) is 0 Å². The maximum absolute atomic E-state index is 12.1. The lowest BCUT2D eigenvalue weighted by molar-refractivity contribution is 0.0950. The Kier molecular flexibility index (Phi) is 5.42. The SMILES string of the molecule is COC(=O)NCc1cc(C(=O)NCc2ccccn2)ccn1. The van der Waals surface area contributed by atoms with Crippen LogP contribution in [0.2, 0.25) is 0 Å². The van der Waals surface area contributed by atoms with Gasteiger partial charge in [-0.1, -0.05) is 6.07 Å². The fraction of sp³-hybridized carbons (Fsp3) is 0.200. The standard InChI is InChI=1S/C15H16N4O3/c1-22-15(21)19-10-13-8-11(5-7-17-13)14(20)18-9-12-4-2-3-6-16-12/h2-8H,9-10H2,1H3,(H,18,20)(H,19,21). The van der Waals surface area contributed by atoms with E-state index in [4.69, 9.17) is 0 Å². The minimum atomic E-state index is -0.549. The number of hydrogen-bond donors (Lipinski definition) is 2. The van der Waals surface area contributed by atoms with Crippen molar-refractivity contribution >= 4 is 12.0 Å². The van der Waals surface area contributed by atoms with Gasteiger partial charge in [0.05, 0.1) is 31.6 Å². The number of carbonyl (C=O) groups excluding carboxylic acids is 2. The molecule has 7 nitrogen and oxygen atoms in total. The lowest BCUT2D eigenvalue weighted by Gasteiger charge is -2.07. The predicted octanol–water partition coefficient (Wildman–Crippen LogP) is 1.26. The normalized spacial score (nSPS) is 9.86. The second-order valence-electron chi connectivity index (χ2n) is 4.38. The molecule has 22 heavy (non-hydrogen) atoms. The molecule has 0 bridgehead atoms. The minimum absolute atomic E-state index is 0.189. The van der Waals surface area contributed by atoms with Crippen molar-refractivity contribution in [3.63, 3.8) is 0 Å². The van der Waals surface area contributed by atoms with Gasteiger partial charge >= 0.3 is 6.09 Å². The first kappa shape index (κ1) is 15.4. The van der Waals surface area contributed by atoms with Gasteiger partial charge in [-0.25, -0.2) is 4.79 Å². The summed E-state index contributed by atoms with van der Waals surface area (Å²) in [4.78, 5) is 31.3. The van der Waals surface area contributed by atoms with Gasteiger partial charge in [0.1, 0.15) is 0 Å². The number of ether oxygens (including phenoxy) is 1. The Bertz CT molecular complexity index is 646. The maximum Gasteiger partial charge on any atom is 0.407 e. The second kappa shape index (κ2) is 7.72. The van der Waals surface area contributed by atoms with Gasteiger partial charge in [-0.3, -0.25) is 14.8 Å². The molecular weight excluding hydrogens is 284 g/mol. The first-order chi connectivity index (χ1) is 10.7. The van der Waals surface area contributed by atoms with Gasteiger partial charge in [0, 0.05) is 18.0 Å². The Morgan fingerprint density at radius 3 is 2.55 bits per heavy atom. The van der Waals surface area contributed by atoms with Crippen molar-refractivity contribution in [1.82, 2.24) is 20.6 Å². The average molecular weight is 300 g/mol. The molecule has 0 radical (unpaired) electrons. The van der Waals surface area contributed by atoms with Crippen LogP contribution in [0.5, 0.6) is 0 Å². The third-order valence-electron chi connectivity index (χ3n) is 2.83. The minimum Gasteiger partial charge on any atom is -0.453 e. The highest BCUT2D eigenvalue weighted by molar-refractivity contribution is 5.94. The molecule has 2 rings (SSSR count). The van der Waals surface area contributed by atoms with E-state index in [-0.39, 0.29) is 12.5 Å². The molecule has 2 amide bonds. The number of nitrogens with zero attached hydrogens (tertiary/aromatic N) is 2. The number of rotatable bonds is 5. The summed E-state index contributed by atoms with van der Waals surface area (Å²) >= 11 is 0. The van der Waals surface area contributed by atoms with Crippen LogP contribution in [-0.4, -0.2) is 29.1 Å². The van der Waals surface area contributed by atoms with E-state index in [1.54, 1.807) is 18.3 Å². The van der Waals surface area contributed by atoms with Gasteiger partial charge < -0.3 is 15.4 Å². The molecule has 2 aromatic rings. The first-order valence-corrected chi connectivity index (χ1v) is 6.64. The highest BCUT2D eigenvalue weighted by Gasteiger charge is 2.08. The van der Waals surface area contributed by atoms with Crippen molar-refractivity contribution in [3.8, 4) is 0 Å². The predicted molar refractivity (Wildman–Crippen MR) is 78.9 cm³/mol. The molecule has 0 unspecified atom stereocenters. The zero-order chi connectivity index (χ0) is 15.8. The summed E-state index contributed by atoms with van der Waals surface area (Å²) in [5.74, 6) is -0.229. The Balaban J connectivity index is 1.93. The van der Waals surface area contributed by atoms with Crippen LogP contribution in [0.4, 0.5) is 4.79 Å². The second-order valence-corrected chi connectivity index (χ2v) is 4.38. The van der Waals surface area contributed by atoms with Crippen LogP contribution in [0.25, 0.3) is 0 Å². The molecule has 0 aliphatic heterocycles. The van der Waals surface area contributed by atoms with Crippen LogP contribution < -0.4 is 10.6 Å². The topological polar surface area (TPSA) is 93.2 Å². The van der Waals surface area contributed by atoms with E-state index in [0.717, 1.165) is 5.69 Å². The molecule has 0 aromatic carbocycles. The lowest BCUT2D eigenvalue weighted by Crippen LogP contribution is -2.25. The number of aromatic nitrogens is 2. The summed E-state index contributed by atoms with van der Waals surface area (Å²) in [7, 11) is 1.28. The van der Waals surface area contributed by atoms with Crippen molar-refractivity contribution in [1.29, 1.82) is 0 Å². The molecule has 0 atom stereocenters. The summed E-state index contributed by atoms with van der Waals surface area (Å²) in [5, 5.41) is 5.28. The highest BCUT2D eigenvalue weighted by atomic mass is 16.5. The molecule has 2 aromatic heterocycles. The van der Waals surface area contributed by atoms with E-state index >= 15 is 0 Å². The zero-order valence-corrected chi connectivity index (χ0v) is 12.1. The number of carbonyl (C=O) groups is 2. The molecule has 2 heterocycles. The quantitative estimate of drug-likeness (QED) is 0.867. The Hall–Kier alpha value is -2.96. The number of methoxy groups -OCH3 is 1. The summed E-state index contributed by atoms with van der Waals surface area (Å²) in [6.07, 6.45) is 2.64. The molecule has 0 spiro atoms. The van der Waals surface area contributed by atoms with Crippen LogP contribution in [0.3, 0.4) is 0 Å². The van der Waals surface area contributed by atoms with E-state index in [1.807, 2.05) is 18.2 Å². The smallest absolute Gasteiger partial charge is 0.407 e. The summed E-state index contributed by atoms with van der Waals surface area (Å²) in [5.41, 5.74) is 1.81. The molecule has 0 aliphatic carbocycles. The largest absolute Gasteiger partial charge is 0.453 e. The third-order valence-corrected chi connectivity index (χ3v) is 2.83. The highest BCUT2D eigenvalue weighted by Crippen LogP contribution is 2.03. The van der Waals surface area contributed by atoms with E-state index in [9.17, 15) is 9.59 Å². The van der Waals surface area contributed by atoms with Crippen molar-refractivity contribution in [2.24, 2.45) is 0 Å². The van der Waals surface area contributed by atoms with Crippen LogP contribution in [-0.2, 0) is 17.8 Å². The fourth-order valence-electron chi connectivity index (χ4n) is 1.73. The number of hydrogen-bond acceptors (Lipinski definition) is 5. The van der Waals surface area contributed by atoms with Gasteiger partial charge in [0.25, 0.3) is 5.91 Å². The van der Waals surface area contributed by atoms with E-state index in [2.05, 4.69) is 25.3 Å². The molecular formula is C15H16N4O3. The van der Waals surface area contributed by atoms with Crippen LogP contribution >= 0.6 is 0 Å². The Morgan fingerprint density at radius 1 is 1.05 bits per heavy atom. The zero-order valence-electron chi connectivity index (χ0n) is 12.1. The fourth-order valence-corrected chi connectivity index (χ4v) is 1.73. The molecule has 0 saturated heterocycles. The molecule has 0 saturated carbocycles. The molecule has 2 N–H and O–H groups in total. The number of pyridine rings is 2. The molecule has 7 heteroatoms. The number of nitrogens with one attached hydrogen (secondary N) is 2. The Labute approximate surface area is 127 Å². The van der Waals surface area contributed by atoms with Crippen molar-refractivity contribution < 1.29 is 14.3 Å². The lowest BCUT2D eigenvalue weighted by atomic mass is 10.2. The van der Waals surface area contributed by atoms with E-state index < -0.39 is 6.09 Å². The maximum atomic E-state index is 12.1. The molecule has 0 aliphatic rings. The summed E-state index contributed by atoms with van der Waals surface area (Å²) in [6, 6.07) is 8.73. The van der Waals surface area contributed by atoms with Gasteiger partial charge in [0.2, 0.25) is 0 Å². The number of alkyl carbamates (subject to hydrolysis) is 1. The Morgan fingerprint density at radius 2 is 1.82 bits per heavy atom. The van der Waals surface area contributed by atoms with Gasteiger partial charge in [0.15, 0.2) is 0 Å². The van der Waals surface area contributed by atoms with E-state index in [0.29, 0.717) is 17.8 Å². The monoisotopic (exact) mass is 300 g/mol. The van der Waals surface area contributed by atoms with Crippen molar-refractivity contribution in [2.45, 2.75) is 13.1 Å². The summed E-state index contributed by atoms with van der Waals surface area (Å²) in [6.45, 7) is 0.534. The number of amides is 2. The van der Waals surface area contributed by atoms with Gasteiger partial charge in [-0.15, -0.1) is 0 Å². The summed E-state index contributed by atoms with van der Waals surface area (Å²) < 4.78 is 4.47. The third kappa shape index (κ3) is 4.55. The van der Waals surface area contributed by atoms with E-state index in [1.165, 1.54) is 13.3 Å². The van der Waals surface area contributed by atoms with Crippen LogP contribution in [0.1, 0.15) is 21.7 Å². The van der Waals surface area contributed by atoms with Gasteiger partial charge in [-0.2, -0.15) is 0 Å². The van der Waals surface area contributed by atoms with Gasteiger partial charge in [-0.05, 0) is 24.3 Å². The average Bonchev–Trinajstić information content (AvgIpc) is 2.58. The van der Waals surface area contributed by atoms with Crippen molar-refractivity contribution in [3.05, 3.63) is 59.7 Å². The molecule has 0 fully saturated rings.